The van der Waals surface area contributed by atoms with E-state index in [0.717, 1.165) is 23.3 Å². The summed E-state index contributed by atoms with van der Waals surface area (Å²) in [6, 6.07) is 5.24. The van der Waals surface area contributed by atoms with Gasteiger partial charge in [-0.2, -0.15) is 5.10 Å². The second-order valence-corrected chi connectivity index (χ2v) is 3.78. The highest BCUT2D eigenvalue weighted by Crippen LogP contribution is 2.24. The third-order valence-corrected chi connectivity index (χ3v) is 2.56. The van der Waals surface area contributed by atoms with Gasteiger partial charge in [0.25, 0.3) is 0 Å². The zero-order chi connectivity index (χ0) is 12.5. The predicted molar refractivity (Wildman–Crippen MR) is 63.5 cm³/mol. The first-order valence-electron chi connectivity index (χ1n) is 5.23. The highest BCUT2D eigenvalue weighted by Gasteiger charge is 2.09. The molecule has 3 aromatic rings. The molecule has 18 heavy (non-hydrogen) atoms. The Morgan fingerprint density at radius 1 is 1.06 bits per heavy atom. The zero-order valence-corrected chi connectivity index (χ0v) is 9.11. The number of pyridine rings is 1. The van der Waals surface area contributed by atoms with E-state index in [9.17, 15) is 8.78 Å². The summed E-state index contributed by atoms with van der Waals surface area (Å²) < 4.78 is 26.8. The Hall–Kier alpha value is -2.50. The number of halogens is 2. The molecule has 0 amide bonds. The second-order valence-electron chi connectivity index (χ2n) is 3.78. The SMILES string of the molecule is Fc1cncc(F)c1Nc1ccc2[nH]ncc2c1. The van der Waals surface area contributed by atoms with Crippen LogP contribution in [0.2, 0.25) is 0 Å². The number of anilines is 2. The minimum Gasteiger partial charge on any atom is -0.351 e. The maximum atomic E-state index is 13.4. The van der Waals surface area contributed by atoms with E-state index in [2.05, 4.69) is 20.5 Å². The first-order chi connectivity index (χ1) is 8.74. The second kappa shape index (κ2) is 4.06. The topological polar surface area (TPSA) is 53.6 Å². The summed E-state index contributed by atoms with van der Waals surface area (Å²) in [5.74, 6) is -1.47. The largest absolute Gasteiger partial charge is 0.351 e. The third-order valence-electron chi connectivity index (χ3n) is 2.56. The molecule has 0 unspecified atom stereocenters. The van der Waals surface area contributed by atoms with Gasteiger partial charge >= 0.3 is 0 Å². The average Bonchev–Trinajstić information content (AvgIpc) is 2.81. The molecular formula is C12H8F2N4. The van der Waals surface area contributed by atoms with E-state index in [0.29, 0.717) is 5.69 Å². The average molecular weight is 246 g/mol. The van der Waals surface area contributed by atoms with Crippen LogP contribution in [0.5, 0.6) is 0 Å². The molecule has 0 saturated heterocycles. The zero-order valence-electron chi connectivity index (χ0n) is 9.11. The molecule has 0 fully saturated rings. The van der Waals surface area contributed by atoms with Gasteiger partial charge in [0.2, 0.25) is 0 Å². The van der Waals surface area contributed by atoms with Crippen molar-refractivity contribution in [2.24, 2.45) is 0 Å². The van der Waals surface area contributed by atoms with E-state index < -0.39 is 11.6 Å². The first kappa shape index (κ1) is 10.6. The van der Waals surface area contributed by atoms with Gasteiger partial charge in [0.15, 0.2) is 11.6 Å². The third kappa shape index (κ3) is 1.77. The lowest BCUT2D eigenvalue weighted by Crippen LogP contribution is -1.98. The van der Waals surface area contributed by atoms with Crippen LogP contribution >= 0.6 is 0 Å². The van der Waals surface area contributed by atoms with Crippen molar-refractivity contribution in [1.82, 2.24) is 15.2 Å². The van der Waals surface area contributed by atoms with E-state index in [1.807, 2.05) is 0 Å². The van der Waals surface area contributed by atoms with Crippen LogP contribution in [0, 0.1) is 11.6 Å². The molecule has 0 aliphatic rings. The van der Waals surface area contributed by atoms with Gasteiger partial charge in [-0.25, -0.2) is 8.78 Å². The van der Waals surface area contributed by atoms with Gasteiger partial charge in [-0.05, 0) is 18.2 Å². The maximum Gasteiger partial charge on any atom is 0.167 e. The monoisotopic (exact) mass is 246 g/mol. The number of nitrogens with one attached hydrogen (secondary N) is 2. The van der Waals surface area contributed by atoms with Gasteiger partial charge in [0, 0.05) is 11.1 Å². The smallest absolute Gasteiger partial charge is 0.167 e. The van der Waals surface area contributed by atoms with Crippen molar-refractivity contribution in [2.45, 2.75) is 0 Å². The Bertz CT molecular complexity index is 688. The van der Waals surface area contributed by atoms with Crippen LogP contribution in [-0.4, -0.2) is 15.2 Å². The van der Waals surface area contributed by atoms with Gasteiger partial charge in [-0.1, -0.05) is 0 Å². The maximum absolute atomic E-state index is 13.4. The highest BCUT2D eigenvalue weighted by molar-refractivity contribution is 5.82. The van der Waals surface area contributed by atoms with E-state index in [1.165, 1.54) is 0 Å². The Kier molecular flexibility index (Phi) is 2.40. The Morgan fingerprint density at radius 2 is 1.83 bits per heavy atom. The summed E-state index contributed by atoms with van der Waals surface area (Å²) in [4.78, 5) is 3.42. The van der Waals surface area contributed by atoms with Crippen LogP contribution in [0.1, 0.15) is 0 Å². The Morgan fingerprint density at radius 3 is 2.61 bits per heavy atom. The molecule has 6 heteroatoms. The van der Waals surface area contributed by atoms with E-state index in [4.69, 9.17) is 0 Å². The molecule has 0 bridgehead atoms. The fraction of sp³-hybridized carbons (Fsp3) is 0. The molecule has 1 aromatic carbocycles. The number of aromatic amines is 1. The molecule has 3 rings (SSSR count). The minimum atomic E-state index is -0.734. The van der Waals surface area contributed by atoms with Crippen molar-refractivity contribution in [3.05, 3.63) is 48.4 Å². The van der Waals surface area contributed by atoms with Gasteiger partial charge in [0.05, 0.1) is 24.1 Å². The van der Waals surface area contributed by atoms with Crippen molar-refractivity contribution < 1.29 is 8.78 Å². The lowest BCUT2D eigenvalue weighted by Gasteiger charge is -2.08. The number of benzene rings is 1. The van der Waals surface area contributed by atoms with Crippen LogP contribution in [0.25, 0.3) is 10.9 Å². The van der Waals surface area contributed by atoms with Crippen molar-refractivity contribution >= 4 is 22.3 Å². The molecule has 90 valence electrons. The summed E-state index contributed by atoms with van der Waals surface area (Å²) in [6.45, 7) is 0. The van der Waals surface area contributed by atoms with E-state index in [1.54, 1.807) is 24.4 Å². The number of fused-ring (bicyclic) bond motifs is 1. The lowest BCUT2D eigenvalue weighted by molar-refractivity contribution is 0.580. The van der Waals surface area contributed by atoms with Crippen molar-refractivity contribution in [3.8, 4) is 0 Å². The molecule has 0 atom stereocenters. The molecule has 0 saturated carbocycles. The fourth-order valence-electron chi connectivity index (χ4n) is 1.70. The van der Waals surface area contributed by atoms with Crippen LogP contribution in [-0.2, 0) is 0 Å². The number of nitrogens with zero attached hydrogens (tertiary/aromatic N) is 2. The molecule has 0 aliphatic carbocycles. The van der Waals surface area contributed by atoms with Crippen LogP contribution in [0.3, 0.4) is 0 Å². The lowest BCUT2D eigenvalue weighted by atomic mass is 10.2. The van der Waals surface area contributed by atoms with Crippen molar-refractivity contribution in [2.75, 3.05) is 5.32 Å². The fourth-order valence-corrected chi connectivity index (χ4v) is 1.70. The molecule has 0 radical (unpaired) electrons. The molecule has 2 aromatic heterocycles. The van der Waals surface area contributed by atoms with Crippen LogP contribution in [0.15, 0.2) is 36.8 Å². The number of hydrogen-bond acceptors (Lipinski definition) is 3. The van der Waals surface area contributed by atoms with Gasteiger partial charge in [-0.3, -0.25) is 10.1 Å². The normalized spacial score (nSPS) is 10.8. The van der Waals surface area contributed by atoms with Crippen LogP contribution < -0.4 is 5.32 Å². The number of rotatable bonds is 2. The summed E-state index contributed by atoms with van der Waals surface area (Å²) in [5.41, 5.74) is 1.22. The van der Waals surface area contributed by atoms with Gasteiger partial charge in [0.1, 0.15) is 5.69 Å². The molecule has 2 N–H and O–H groups in total. The number of H-pyrrole nitrogens is 1. The standard InChI is InChI=1S/C12H8F2N4/c13-9-5-15-6-10(14)12(9)17-8-1-2-11-7(3-8)4-16-18-11/h1-6H,(H,15,17)(H,16,18). The Labute approximate surface area is 101 Å². The first-order valence-corrected chi connectivity index (χ1v) is 5.23. The summed E-state index contributed by atoms with van der Waals surface area (Å²) in [5, 5.41) is 10.2. The Balaban J connectivity index is 2.00. The molecule has 4 nitrogen and oxygen atoms in total. The van der Waals surface area contributed by atoms with Gasteiger partial charge in [-0.15, -0.1) is 0 Å². The van der Waals surface area contributed by atoms with Crippen LogP contribution in [0.4, 0.5) is 20.2 Å². The molecule has 2 heterocycles. The summed E-state index contributed by atoms with van der Waals surface area (Å²) in [7, 11) is 0. The van der Waals surface area contributed by atoms with Crippen molar-refractivity contribution in [3.63, 3.8) is 0 Å². The summed E-state index contributed by atoms with van der Waals surface area (Å²) >= 11 is 0. The number of hydrogen-bond donors (Lipinski definition) is 2. The highest BCUT2D eigenvalue weighted by atomic mass is 19.1. The van der Waals surface area contributed by atoms with E-state index in [-0.39, 0.29) is 5.69 Å². The summed E-state index contributed by atoms with van der Waals surface area (Å²) in [6.07, 6.45) is 3.56. The number of aromatic nitrogens is 3. The predicted octanol–water partition coefficient (Wildman–Crippen LogP) is 2.98. The quantitative estimate of drug-likeness (QED) is 0.730. The molecule has 0 spiro atoms. The van der Waals surface area contributed by atoms with E-state index >= 15 is 0 Å². The van der Waals surface area contributed by atoms with Crippen molar-refractivity contribution in [1.29, 1.82) is 0 Å². The molecular weight excluding hydrogens is 238 g/mol. The minimum absolute atomic E-state index is 0.215. The van der Waals surface area contributed by atoms with Gasteiger partial charge < -0.3 is 5.32 Å². The molecule has 0 aliphatic heterocycles.